The molecule has 1 aromatic rings. The molecule has 0 heterocycles. The number of rotatable bonds is 1. The van der Waals surface area contributed by atoms with Crippen LogP contribution in [0.5, 0.6) is 0 Å². The maximum Gasteiger partial charge on any atom is 0.411 e. The van der Waals surface area contributed by atoms with Crippen LogP contribution in [0, 0.1) is 0 Å². The number of benzene rings is 1. The molecule has 0 radical (unpaired) electrons. The minimum absolute atomic E-state index is 0.481. The van der Waals surface area contributed by atoms with E-state index in [9.17, 15) is 4.79 Å². The van der Waals surface area contributed by atoms with Gasteiger partial charge >= 0.3 is 6.09 Å². The fraction of sp³-hybridized carbons (Fsp3) is 0.125. The molecule has 70 valence electrons. The second kappa shape index (κ2) is 4.62. The zero-order chi connectivity index (χ0) is 9.84. The molecule has 0 saturated carbocycles. The molecule has 0 aromatic heterocycles. The summed E-state index contributed by atoms with van der Waals surface area (Å²) in [5.41, 5.74) is 0.674. The molecule has 0 spiro atoms. The Balaban J connectivity index is 2.83. The van der Waals surface area contributed by atoms with E-state index in [0.717, 1.165) is 8.95 Å². The van der Waals surface area contributed by atoms with Crippen molar-refractivity contribution in [1.29, 1.82) is 0 Å². The summed E-state index contributed by atoms with van der Waals surface area (Å²) in [5.74, 6) is 0. The Morgan fingerprint density at radius 1 is 1.31 bits per heavy atom. The van der Waals surface area contributed by atoms with Crippen molar-refractivity contribution in [2.45, 2.75) is 0 Å². The summed E-state index contributed by atoms with van der Waals surface area (Å²) in [4.78, 5) is 10.8. The zero-order valence-electron chi connectivity index (χ0n) is 6.80. The number of amides is 1. The van der Waals surface area contributed by atoms with Gasteiger partial charge in [0, 0.05) is 14.6 Å². The topological polar surface area (TPSA) is 38.3 Å². The SMILES string of the molecule is COC(=O)Nc1cc(Br)cc(Br)c1. The largest absolute Gasteiger partial charge is 0.453 e. The predicted octanol–water partition coefficient (Wildman–Crippen LogP) is 3.39. The molecule has 13 heavy (non-hydrogen) atoms. The molecule has 3 nitrogen and oxygen atoms in total. The summed E-state index contributed by atoms with van der Waals surface area (Å²) in [5, 5.41) is 2.55. The summed E-state index contributed by atoms with van der Waals surface area (Å²) in [7, 11) is 1.32. The van der Waals surface area contributed by atoms with Gasteiger partial charge in [-0.05, 0) is 18.2 Å². The van der Waals surface area contributed by atoms with Crippen molar-refractivity contribution in [3.8, 4) is 0 Å². The monoisotopic (exact) mass is 307 g/mol. The molecule has 0 aliphatic rings. The van der Waals surface area contributed by atoms with E-state index in [4.69, 9.17) is 0 Å². The first-order chi connectivity index (χ1) is 6.11. The maximum atomic E-state index is 10.8. The number of carbonyl (C=O) groups excluding carboxylic acids is 1. The lowest BCUT2D eigenvalue weighted by molar-refractivity contribution is 0.187. The molecule has 1 aromatic carbocycles. The first kappa shape index (κ1) is 10.5. The summed E-state index contributed by atoms with van der Waals surface area (Å²) >= 11 is 6.61. The average Bonchev–Trinajstić information content (AvgIpc) is 2.02. The maximum absolute atomic E-state index is 10.8. The summed E-state index contributed by atoms with van der Waals surface area (Å²) in [6.45, 7) is 0. The molecule has 0 atom stereocenters. The van der Waals surface area contributed by atoms with Gasteiger partial charge in [0.1, 0.15) is 0 Å². The van der Waals surface area contributed by atoms with Crippen LogP contribution < -0.4 is 5.32 Å². The van der Waals surface area contributed by atoms with Crippen LogP contribution in [-0.4, -0.2) is 13.2 Å². The molecule has 1 N–H and O–H groups in total. The molecule has 0 aliphatic carbocycles. The summed E-state index contributed by atoms with van der Waals surface area (Å²) in [6.07, 6.45) is -0.481. The van der Waals surface area contributed by atoms with Gasteiger partial charge in [0.05, 0.1) is 7.11 Å². The quantitative estimate of drug-likeness (QED) is 0.863. The van der Waals surface area contributed by atoms with E-state index in [1.807, 2.05) is 6.07 Å². The van der Waals surface area contributed by atoms with E-state index in [1.165, 1.54) is 7.11 Å². The van der Waals surface area contributed by atoms with Crippen molar-refractivity contribution in [2.24, 2.45) is 0 Å². The van der Waals surface area contributed by atoms with E-state index in [-0.39, 0.29) is 0 Å². The number of halogens is 2. The van der Waals surface area contributed by atoms with Gasteiger partial charge in [-0.2, -0.15) is 0 Å². The van der Waals surface area contributed by atoms with Gasteiger partial charge in [0.15, 0.2) is 0 Å². The number of ether oxygens (including phenoxy) is 1. The summed E-state index contributed by atoms with van der Waals surface area (Å²) < 4.78 is 6.22. The Hall–Kier alpha value is -0.550. The van der Waals surface area contributed by atoms with Crippen molar-refractivity contribution >= 4 is 43.6 Å². The van der Waals surface area contributed by atoms with Gasteiger partial charge in [-0.1, -0.05) is 31.9 Å². The Morgan fingerprint density at radius 2 is 1.85 bits per heavy atom. The fourth-order valence-electron chi connectivity index (χ4n) is 0.795. The fourth-order valence-corrected chi connectivity index (χ4v) is 2.09. The molecule has 1 amide bonds. The first-order valence-corrected chi connectivity index (χ1v) is 5.01. The van der Waals surface area contributed by atoms with E-state index >= 15 is 0 Å². The highest BCUT2D eigenvalue weighted by Crippen LogP contribution is 2.23. The van der Waals surface area contributed by atoms with Crippen molar-refractivity contribution in [3.63, 3.8) is 0 Å². The Labute approximate surface area is 92.7 Å². The van der Waals surface area contributed by atoms with Gasteiger partial charge in [-0.3, -0.25) is 5.32 Å². The first-order valence-electron chi connectivity index (χ1n) is 3.43. The molecule has 0 fully saturated rings. The standard InChI is InChI=1S/C8H7Br2NO2/c1-13-8(12)11-7-3-5(9)2-6(10)4-7/h2-4H,1H3,(H,11,12). The van der Waals surface area contributed by atoms with Crippen LogP contribution in [0.4, 0.5) is 10.5 Å². The third-order valence-electron chi connectivity index (χ3n) is 1.29. The number of carbonyl (C=O) groups is 1. The number of methoxy groups -OCH3 is 1. The minimum Gasteiger partial charge on any atom is -0.453 e. The average molecular weight is 309 g/mol. The highest BCUT2D eigenvalue weighted by atomic mass is 79.9. The second-order valence-corrected chi connectivity index (χ2v) is 4.11. The van der Waals surface area contributed by atoms with Gasteiger partial charge in [-0.25, -0.2) is 4.79 Å². The smallest absolute Gasteiger partial charge is 0.411 e. The lowest BCUT2D eigenvalue weighted by Gasteiger charge is -2.04. The van der Waals surface area contributed by atoms with Crippen LogP contribution >= 0.6 is 31.9 Å². The number of hydrogen-bond acceptors (Lipinski definition) is 2. The van der Waals surface area contributed by atoms with Crippen LogP contribution in [0.3, 0.4) is 0 Å². The second-order valence-electron chi connectivity index (χ2n) is 2.27. The zero-order valence-corrected chi connectivity index (χ0v) is 9.98. The minimum atomic E-state index is -0.481. The molecule has 1 rings (SSSR count). The van der Waals surface area contributed by atoms with Gasteiger partial charge in [0.25, 0.3) is 0 Å². The number of hydrogen-bond donors (Lipinski definition) is 1. The lowest BCUT2D eigenvalue weighted by atomic mass is 10.3. The van der Waals surface area contributed by atoms with Gasteiger partial charge in [0.2, 0.25) is 0 Å². The van der Waals surface area contributed by atoms with Gasteiger partial charge in [-0.15, -0.1) is 0 Å². The molecule has 0 unspecified atom stereocenters. The van der Waals surface area contributed by atoms with E-state index < -0.39 is 6.09 Å². The lowest BCUT2D eigenvalue weighted by Crippen LogP contribution is -2.10. The third kappa shape index (κ3) is 3.36. The van der Waals surface area contributed by atoms with Crippen molar-refractivity contribution < 1.29 is 9.53 Å². The Morgan fingerprint density at radius 3 is 2.31 bits per heavy atom. The third-order valence-corrected chi connectivity index (χ3v) is 2.21. The van der Waals surface area contributed by atoms with E-state index in [0.29, 0.717) is 5.69 Å². The van der Waals surface area contributed by atoms with E-state index in [1.54, 1.807) is 12.1 Å². The Bertz CT molecular complexity index is 308. The molecule has 0 bridgehead atoms. The molecule has 0 aliphatic heterocycles. The van der Waals surface area contributed by atoms with E-state index in [2.05, 4.69) is 41.9 Å². The highest BCUT2D eigenvalue weighted by Gasteiger charge is 2.01. The highest BCUT2D eigenvalue weighted by molar-refractivity contribution is 9.11. The normalized spacial score (nSPS) is 9.46. The van der Waals surface area contributed by atoms with Crippen LogP contribution in [0.25, 0.3) is 0 Å². The molecular weight excluding hydrogens is 302 g/mol. The number of anilines is 1. The van der Waals surface area contributed by atoms with Crippen LogP contribution in [0.1, 0.15) is 0 Å². The Kier molecular flexibility index (Phi) is 3.74. The predicted molar refractivity (Wildman–Crippen MR) is 57.9 cm³/mol. The van der Waals surface area contributed by atoms with Crippen molar-refractivity contribution in [2.75, 3.05) is 12.4 Å². The van der Waals surface area contributed by atoms with Crippen molar-refractivity contribution in [1.82, 2.24) is 0 Å². The van der Waals surface area contributed by atoms with Crippen molar-refractivity contribution in [3.05, 3.63) is 27.1 Å². The van der Waals surface area contributed by atoms with Crippen LogP contribution in [0.15, 0.2) is 27.1 Å². The number of nitrogens with one attached hydrogen (secondary N) is 1. The molecular formula is C8H7Br2NO2. The summed E-state index contributed by atoms with van der Waals surface area (Å²) in [6, 6.07) is 5.44. The molecule has 0 saturated heterocycles. The van der Waals surface area contributed by atoms with Gasteiger partial charge < -0.3 is 4.74 Å². The van der Waals surface area contributed by atoms with Crippen LogP contribution in [0.2, 0.25) is 0 Å². The molecule has 5 heteroatoms. The van der Waals surface area contributed by atoms with Crippen LogP contribution in [-0.2, 0) is 4.74 Å².